The van der Waals surface area contributed by atoms with Crippen molar-refractivity contribution in [2.24, 2.45) is 0 Å². The first-order valence-electron chi connectivity index (χ1n) is 7.74. The summed E-state index contributed by atoms with van der Waals surface area (Å²) in [5, 5.41) is 2.98. The van der Waals surface area contributed by atoms with Crippen molar-refractivity contribution in [1.29, 1.82) is 0 Å². The van der Waals surface area contributed by atoms with Gasteiger partial charge in [-0.05, 0) is 18.2 Å². The number of hydrogen-bond acceptors (Lipinski definition) is 4. The predicted molar refractivity (Wildman–Crippen MR) is 90.8 cm³/mol. The minimum absolute atomic E-state index is 0. The fourth-order valence-corrected chi connectivity index (χ4v) is 2.45. The zero-order valence-electron chi connectivity index (χ0n) is 14.0. The van der Waals surface area contributed by atoms with E-state index in [-0.39, 0.29) is 36.3 Å². The number of nitrogens with zero attached hydrogens (tertiary/aromatic N) is 2. The number of hydrogen-bond donors (Lipinski definition) is 1. The molecule has 1 aromatic rings. The van der Waals surface area contributed by atoms with E-state index in [1.165, 1.54) is 11.0 Å². The van der Waals surface area contributed by atoms with Crippen molar-refractivity contribution < 1.29 is 23.1 Å². The summed E-state index contributed by atoms with van der Waals surface area (Å²) in [6.45, 7) is 2.91. The highest BCUT2D eigenvalue weighted by Crippen LogP contribution is 2.13. The number of methoxy groups -OCH3 is 1. The number of halogens is 3. The van der Waals surface area contributed by atoms with Crippen LogP contribution in [0.4, 0.5) is 8.78 Å². The Morgan fingerprint density at radius 2 is 1.76 bits per heavy atom. The van der Waals surface area contributed by atoms with Crippen LogP contribution in [0, 0.1) is 11.6 Å². The number of amides is 2. The predicted octanol–water partition coefficient (Wildman–Crippen LogP) is 0.907. The van der Waals surface area contributed by atoms with Crippen molar-refractivity contribution in [3.63, 3.8) is 0 Å². The molecule has 9 heteroatoms. The van der Waals surface area contributed by atoms with Gasteiger partial charge in [0.25, 0.3) is 5.91 Å². The smallest absolute Gasteiger partial charge is 0.254 e. The molecule has 1 aliphatic heterocycles. The average Bonchev–Trinajstić information content (AvgIpc) is 2.60. The van der Waals surface area contributed by atoms with Crippen molar-refractivity contribution in [2.75, 3.05) is 53.0 Å². The molecule has 0 bridgehead atoms. The molecule has 2 amide bonds. The third kappa shape index (κ3) is 5.91. The second-order valence-electron chi connectivity index (χ2n) is 5.47. The number of piperazine rings is 1. The molecule has 0 unspecified atom stereocenters. The molecule has 6 nitrogen and oxygen atoms in total. The molecule has 1 heterocycles. The second-order valence-corrected chi connectivity index (χ2v) is 5.47. The van der Waals surface area contributed by atoms with Crippen LogP contribution < -0.4 is 5.32 Å². The van der Waals surface area contributed by atoms with E-state index >= 15 is 0 Å². The molecule has 0 aromatic heterocycles. The Kier molecular flexibility index (Phi) is 8.74. The van der Waals surface area contributed by atoms with Gasteiger partial charge in [0.05, 0.1) is 13.2 Å². The molecular formula is C16H22ClF2N3O3. The summed E-state index contributed by atoms with van der Waals surface area (Å²) in [6.07, 6.45) is 0. The van der Waals surface area contributed by atoms with Gasteiger partial charge in [-0.3, -0.25) is 9.59 Å². The Hall–Kier alpha value is -1.77. The number of carbonyl (C=O) groups excluding carboxylic acids is 2. The molecule has 0 aliphatic carbocycles. The molecule has 0 saturated carbocycles. The maximum Gasteiger partial charge on any atom is 0.254 e. The minimum atomic E-state index is -1.04. The van der Waals surface area contributed by atoms with Crippen molar-refractivity contribution in [1.82, 2.24) is 15.1 Å². The first-order valence-corrected chi connectivity index (χ1v) is 7.74. The van der Waals surface area contributed by atoms with E-state index in [1.807, 2.05) is 0 Å². The first kappa shape index (κ1) is 21.3. The summed E-state index contributed by atoms with van der Waals surface area (Å²) < 4.78 is 31.1. The fourth-order valence-electron chi connectivity index (χ4n) is 2.45. The Balaban J connectivity index is 0.00000312. The van der Waals surface area contributed by atoms with Gasteiger partial charge in [0, 0.05) is 45.4 Å². The summed E-state index contributed by atoms with van der Waals surface area (Å²) in [7, 11) is 1.59. The van der Waals surface area contributed by atoms with Crippen molar-refractivity contribution >= 4 is 24.2 Å². The zero-order chi connectivity index (χ0) is 17.5. The van der Waals surface area contributed by atoms with Crippen LogP contribution in [0.3, 0.4) is 0 Å². The lowest BCUT2D eigenvalue weighted by Gasteiger charge is -2.35. The summed E-state index contributed by atoms with van der Waals surface area (Å²) in [4.78, 5) is 27.5. The average molecular weight is 378 g/mol. The molecule has 140 valence electrons. The number of benzene rings is 1. The van der Waals surface area contributed by atoms with Crippen molar-refractivity contribution in [3.8, 4) is 0 Å². The molecule has 25 heavy (non-hydrogen) atoms. The van der Waals surface area contributed by atoms with E-state index in [4.69, 9.17) is 4.74 Å². The van der Waals surface area contributed by atoms with Crippen LogP contribution in [0.2, 0.25) is 0 Å². The Morgan fingerprint density at radius 1 is 1.12 bits per heavy atom. The molecule has 1 fully saturated rings. The highest BCUT2D eigenvalue weighted by molar-refractivity contribution is 5.94. The SMILES string of the molecule is COCCNCC(=O)N1CCN(C(=O)c2ccc(F)c(F)c2)CC1.Cl. The van der Waals surface area contributed by atoms with Gasteiger partial charge in [0.2, 0.25) is 5.91 Å². The van der Waals surface area contributed by atoms with E-state index in [2.05, 4.69) is 5.32 Å². The molecule has 1 saturated heterocycles. The van der Waals surface area contributed by atoms with Gasteiger partial charge in [-0.1, -0.05) is 0 Å². The topological polar surface area (TPSA) is 61.9 Å². The maximum absolute atomic E-state index is 13.2. The van der Waals surface area contributed by atoms with Crippen LogP contribution in [0.5, 0.6) is 0 Å². The zero-order valence-corrected chi connectivity index (χ0v) is 14.8. The van der Waals surface area contributed by atoms with E-state index in [9.17, 15) is 18.4 Å². The summed E-state index contributed by atoms with van der Waals surface area (Å²) in [5.74, 6) is -2.43. The van der Waals surface area contributed by atoms with Gasteiger partial charge in [0.15, 0.2) is 11.6 Å². The van der Waals surface area contributed by atoms with Crippen LogP contribution in [0.25, 0.3) is 0 Å². The van der Waals surface area contributed by atoms with E-state index in [0.29, 0.717) is 39.3 Å². The maximum atomic E-state index is 13.2. The number of nitrogens with one attached hydrogen (secondary N) is 1. The lowest BCUT2D eigenvalue weighted by atomic mass is 10.1. The van der Waals surface area contributed by atoms with E-state index in [0.717, 1.165) is 12.1 Å². The highest BCUT2D eigenvalue weighted by Gasteiger charge is 2.25. The van der Waals surface area contributed by atoms with Crippen molar-refractivity contribution in [2.45, 2.75) is 0 Å². The normalized spacial score (nSPS) is 14.2. The van der Waals surface area contributed by atoms with Gasteiger partial charge < -0.3 is 19.9 Å². The molecule has 1 aromatic carbocycles. The third-order valence-electron chi connectivity index (χ3n) is 3.85. The van der Waals surface area contributed by atoms with Crippen LogP contribution >= 0.6 is 12.4 Å². The highest BCUT2D eigenvalue weighted by atomic mass is 35.5. The van der Waals surface area contributed by atoms with Gasteiger partial charge in [-0.25, -0.2) is 8.78 Å². The summed E-state index contributed by atoms with van der Waals surface area (Å²) in [6, 6.07) is 3.10. The minimum Gasteiger partial charge on any atom is -0.383 e. The van der Waals surface area contributed by atoms with E-state index < -0.39 is 11.6 Å². The Labute approximate surface area is 151 Å². The standard InChI is InChI=1S/C16H21F2N3O3.ClH/c1-24-9-4-19-11-15(22)20-5-7-21(8-6-20)16(23)12-2-3-13(17)14(18)10-12;/h2-3,10,19H,4-9,11H2,1H3;1H. The Bertz CT molecular complexity index is 596. The molecule has 1 aliphatic rings. The van der Waals surface area contributed by atoms with E-state index in [1.54, 1.807) is 12.0 Å². The monoisotopic (exact) mass is 377 g/mol. The summed E-state index contributed by atoms with van der Waals surface area (Å²) in [5.41, 5.74) is 0.106. The molecule has 2 rings (SSSR count). The molecule has 0 radical (unpaired) electrons. The summed E-state index contributed by atoms with van der Waals surface area (Å²) >= 11 is 0. The number of carbonyl (C=O) groups is 2. The van der Waals surface area contributed by atoms with Crippen LogP contribution in [-0.4, -0.2) is 74.6 Å². The van der Waals surface area contributed by atoms with Crippen LogP contribution in [0.15, 0.2) is 18.2 Å². The van der Waals surface area contributed by atoms with Gasteiger partial charge in [-0.15, -0.1) is 12.4 Å². The first-order chi connectivity index (χ1) is 11.5. The second kappa shape index (κ2) is 10.3. The quantitative estimate of drug-likeness (QED) is 0.748. The molecular weight excluding hydrogens is 356 g/mol. The lowest BCUT2D eigenvalue weighted by molar-refractivity contribution is -0.131. The third-order valence-corrected chi connectivity index (χ3v) is 3.85. The van der Waals surface area contributed by atoms with Crippen LogP contribution in [-0.2, 0) is 9.53 Å². The Morgan fingerprint density at radius 3 is 2.36 bits per heavy atom. The molecule has 1 N–H and O–H groups in total. The number of rotatable bonds is 6. The molecule has 0 spiro atoms. The van der Waals surface area contributed by atoms with Crippen molar-refractivity contribution in [3.05, 3.63) is 35.4 Å². The number of ether oxygens (including phenoxy) is 1. The lowest BCUT2D eigenvalue weighted by Crippen LogP contribution is -2.52. The fraction of sp³-hybridized carbons (Fsp3) is 0.500. The largest absolute Gasteiger partial charge is 0.383 e. The van der Waals surface area contributed by atoms with Gasteiger partial charge in [-0.2, -0.15) is 0 Å². The molecule has 0 atom stereocenters. The van der Waals surface area contributed by atoms with Crippen LogP contribution in [0.1, 0.15) is 10.4 Å². The van der Waals surface area contributed by atoms with Gasteiger partial charge >= 0.3 is 0 Å². The van der Waals surface area contributed by atoms with Gasteiger partial charge in [0.1, 0.15) is 0 Å².